The molecule has 1 aliphatic carbocycles. The summed E-state index contributed by atoms with van der Waals surface area (Å²) in [5.74, 6) is 1.30. The van der Waals surface area contributed by atoms with Gasteiger partial charge in [-0.05, 0) is 49.1 Å². The molecule has 146 valence electrons. The Balaban J connectivity index is 1.39. The van der Waals surface area contributed by atoms with Gasteiger partial charge in [-0.1, -0.05) is 24.3 Å². The number of carbonyl (C=O) groups is 2. The Bertz CT molecular complexity index is 710. The summed E-state index contributed by atoms with van der Waals surface area (Å²) in [4.78, 5) is 27.9. The lowest BCUT2D eigenvalue weighted by Crippen LogP contribution is -2.48. The van der Waals surface area contributed by atoms with Crippen molar-refractivity contribution in [1.29, 1.82) is 0 Å². The summed E-state index contributed by atoms with van der Waals surface area (Å²) in [7, 11) is 0. The van der Waals surface area contributed by atoms with E-state index in [0.29, 0.717) is 24.8 Å². The van der Waals surface area contributed by atoms with Crippen LogP contribution in [0.5, 0.6) is 0 Å². The number of likely N-dealkylation sites (tertiary alicyclic amines) is 1. The van der Waals surface area contributed by atoms with Gasteiger partial charge < -0.3 is 15.3 Å². The van der Waals surface area contributed by atoms with E-state index in [0.717, 1.165) is 32.1 Å². The van der Waals surface area contributed by atoms with Crippen molar-refractivity contribution in [3.63, 3.8) is 0 Å². The zero-order valence-corrected chi connectivity index (χ0v) is 16.4. The van der Waals surface area contributed by atoms with Crippen molar-refractivity contribution in [1.82, 2.24) is 10.2 Å². The molecule has 6 heteroatoms. The Labute approximate surface area is 164 Å². The number of thioether (sulfide) groups is 1. The number of benzene rings is 1. The normalized spacial score (nSPS) is 30.3. The lowest BCUT2D eigenvalue weighted by Gasteiger charge is -2.30. The lowest BCUT2D eigenvalue weighted by molar-refractivity contribution is -0.138. The number of hydrogen-bond donors (Lipinski definition) is 2. The van der Waals surface area contributed by atoms with E-state index in [-0.39, 0.29) is 35.6 Å². The van der Waals surface area contributed by atoms with Gasteiger partial charge in [0.2, 0.25) is 5.91 Å². The Morgan fingerprint density at radius 1 is 1.22 bits per heavy atom. The molecule has 0 saturated carbocycles. The van der Waals surface area contributed by atoms with Gasteiger partial charge in [0.05, 0.1) is 17.9 Å². The second-order valence-electron chi connectivity index (χ2n) is 7.95. The number of ketones is 1. The highest BCUT2D eigenvalue weighted by Gasteiger charge is 2.42. The molecule has 1 amide bonds. The van der Waals surface area contributed by atoms with Crippen LogP contribution in [0.3, 0.4) is 0 Å². The molecule has 3 aliphatic rings. The molecule has 2 heterocycles. The Kier molecular flexibility index (Phi) is 5.85. The Morgan fingerprint density at radius 2 is 2.04 bits per heavy atom. The fraction of sp³-hybridized carbons (Fsp3) is 0.619. The third-order valence-corrected chi connectivity index (χ3v) is 7.52. The number of hydrogen-bond acceptors (Lipinski definition) is 5. The van der Waals surface area contributed by atoms with Gasteiger partial charge in [-0.25, -0.2) is 0 Å². The molecule has 2 saturated heterocycles. The zero-order valence-electron chi connectivity index (χ0n) is 15.6. The molecule has 2 aliphatic heterocycles. The Hall–Kier alpha value is -1.37. The van der Waals surface area contributed by atoms with Crippen LogP contribution in [0.15, 0.2) is 24.3 Å². The maximum absolute atomic E-state index is 13.0. The van der Waals surface area contributed by atoms with Gasteiger partial charge in [-0.2, -0.15) is 0 Å². The highest BCUT2D eigenvalue weighted by molar-refractivity contribution is 8.00. The third-order valence-electron chi connectivity index (χ3n) is 6.26. The molecule has 0 spiro atoms. The van der Waals surface area contributed by atoms with Crippen molar-refractivity contribution in [2.45, 2.75) is 55.9 Å². The topological polar surface area (TPSA) is 69.6 Å². The monoisotopic (exact) mass is 388 g/mol. The van der Waals surface area contributed by atoms with Gasteiger partial charge in [0.15, 0.2) is 5.78 Å². The highest BCUT2D eigenvalue weighted by Crippen LogP contribution is 2.31. The molecule has 0 bridgehead atoms. The van der Waals surface area contributed by atoms with Crippen LogP contribution in [0, 0.1) is 5.92 Å². The third kappa shape index (κ3) is 3.93. The maximum Gasteiger partial charge on any atom is 0.223 e. The SMILES string of the molecule is O=C(C1SCN[C@@H]1CO)[C@@H]1CCCN1C(=O)C[C@@H]1CCc2ccccc2C1. The molecule has 1 unspecified atom stereocenters. The van der Waals surface area contributed by atoms with Crippen LogP contribution < -0.4 is 5.32 Å². The average Bonchev–Trinajstić information content (AvgIpc) is 3.36. The smallest absolute Gasteiger partial charge is 0.223 e. The van der Waals surface area contributed by atoms with Crippen LogP contribution in [0.4, 0.5) is 0 Å². The van der Waals surface area contributed by atoms with Gasteiger partial charge in [0, 0.05) is 24.9 Å². The quantitative estimate of drug-likeness (QED) is 0.805. The summed E-state index contributed by atoms with van der Waals surface area (Å²) in [5, 5.41) is 12.4. The van der Waals surface area contributed by atoms with Crippen molar-refractivity contribution >= 4 is 23.5 Å². The number of carbonyl (C=O) groups excluding carboxylic acids is 2. The molecule has 4 atom stereocenters. The Morgan fingerprint density at radius 3 is 2.85 bits per heavy atom. The molecule has 2 N–H and O–H groups in total. The number of nitrogens with zero attached hydrogens (tertiary/aromatic N) is 1. The van der Waals surface area contributed by atoms with Crippen LogP contribution in [0.1, 0.15) is 36.8 Å². The molecule has 0 aromatic heterocycles. The molecule has 4 rings (SSSR count). The molecular formula is C21H28N2O3S. The first kappa shape index (κ1) is 19.0. The number of rotatable bonds is 5. The van der Waals surface area contributed by atoms with Crippen molar-refractivity contribution in [2.75, 3.05) is 19.0 Å². The van der Waals surface area contributed by atoms with Crippen LogP contribution in [0.25, 0.3) is 0 Å². The minimum Gasteiger partial charge on any atom is -0.395 e. The number of Topliss-reactive ketones (excluding diaryl/α,β-unsaturated/α-hetero) is 1. The largest absolute Gasteiger partial charge is 0.395 e. The lowest BCUT2D eigenvalue weighted by atomic mass is 9.82. The number of amides is 1. The molecular weight excluding hydrogens is 360 g/mol. The summed E-state index contributed by atoms with van der Waals surface area (Å²) in [5.41, 5.74) is 2.78. The average molecular weight is 389 g/mol. The van der Waals surface area contributed by atoms with Gasteiger partial charge in [-0.3, -0.25) is 9.59 Å². The standard InChI is InChI=1S/C21H28N2O3S/c24-12-17-21(27-13-22-17)20(26)18-6-3-9-23(18)19(25)11-14-7-8-15-4-1-2-5-16(15)10-14/h1-2,4-5,14,17-18,21-22,24H,3,6-13H2/t14-,17-,18+,21?/m1/s1. The van der Waals surface area contributed by atoms with E-state index < -0.39 is 0 Å². The minimum absolute atomic E-state index is 0.0362. The van der Waals surface area contributed by atoms with E-state index in [1.165, 1.54) is 11.1 Å². The van der Waals surface area contributed by atoms with Crippen molar-refractivity contribution in [2.24, 2.45) is 5.92 Å². The van der Waals surface area contributed by atoms with Crippen molar-refractivity contribution < 1.29 is 14.7 Å². The molecule has 27 heavy (non-hydrogen) atoms. The van der Waals surface area contributed by atoms with Gasteiger partial charge in [0.25, 0.3) is 0 Å². The van der Waals surface area contributed by atoms with E-state index in [1.807, 2.05) is 4.90 Å². The molecule has 2 fully saturated rings. The first-order valence-corrected chi connectivity index (χ1v) is 11.1. The zero-order chi connectivity index (χ0) is 18.8. The fourth-order valence-electron chi connectivity index (χ4n) is 4.77. The number of aliphatic hydroxyl groups is 1. The summed E-state index contributed by atoms with van der Waals surface area (Å²) in [6.07, 6.45) is 5.24. The van der Waals surface area contributed by atoms with E-state index in [2.05, 4.69) is 29.6 Å². The molecule has 0 radical (unpaired) electrons. The highest BCUT2D eigenvalue weighted by atomic mass is 32.2. The predicted molar refractivity (Wildman–Crippen MR) is 107 cm³/mol. The van der Waals surface area contributed by atoms with Crippen LogP contribution in [-0.2, 0) is 22.4 Å². The first-order valence-electron chi connectivity index (χ1n) is 10.0. The van der Waals surface area contributed by atoms with E-state index in [9.17, 15) is 14.7 Å². The van der Waals surface area contributed by atoms with Gasteiger partial charge >= 0.3 is 0 Å². The number of aryl methyl sites for hydroxylation is 1. The van der Waals surface area contributed by atoms with Gasteiger partial charge in [-0.15, -0.1) is 11.8 Å². The first-order chi connectivity index (χ1) is 13.2. The van der Waals surface area contributed by atoms with Crippen LogP contribution in [-0.4, -0.2) is 58.1 Å². The summed E-state index contributed by atoms with van der Waals surface area (Å²) in [6, 6.07) is 8.03. The summed E-state index contributed by atoms with van der Waals surface area (Å²) >= 11 is 1.55. The van der Waals surface area contributed by atoms with Crippen LogP contribution >= 0.6 is 11.8 Å². The number of fused-ring (bicyclic) bond motifs is 1. The second-order valence-corrected chi connectivity index (χ2v) is 9.08. The molecule has 5 nitrogen and oxygen atoms in total. The summed E-state index contributed by atoms with van der Waals surface area (Å²) in [6.45, 7) is 0.651. The van der Waals surface area contributed by atoms with E-state index >= 15 is 0 Å². The summed E-state index contributed by atoms with van der Waals surface area (Å²) < 4.78 is 0. The number of aliphatic hydroxyl groups excluding tert-OH is 1. The number of nitrogens with one attached hydrogen (secondary N) is 1. The van der Waals surface area contributed by atoms with E-state index in [4.69, 9.17) is 0 Å². The molecule has 1 aromatic rings. The van der Waals surface area contributed by atoms with Gasteiger partial charge in [0.1, 0.15) is 0 Å². The van der Waals surface area contributed by atoms with Crippen LogP contribution in [0.2, 0.25) is 0 Å². The minimum atomic E-state index is -0.306. The maximum atomic E-state index is 13.0. The molecule has 1 aromatic carbocycles. The van der Waals surface area contributed by atoms with E-state index in [1.54, 1.807) is 11.8 Å². The predicted octanol–water partition coefficient (Wildman–Crippen LogP) is 1.77. The second kappa shape index (κ2) is 8.33. The van der Waals surface area contributed by atoms with Crippen molar-refractivity contribution in [3.8, 4) is 0 Å². The van der Waals surface area contributed by atoms with Crippen molar-refractivity contribution in [3.05, 3.63) is 35.4 Å². The fourth-order valence-corrected chi connectivity index (χ4v) is 6.00.